The van der Waals surface area contributed by atoms with Crippen molar-refractivity contribution in [3.63, 3.8) is 0 Å². The highest BCUT2D eigenvalue weighted by molar-refractivity contribution is 5.92. The number of likely N-dealkylation sites (tertiary alicyclic amines) is 1. The standard InChI is InChI=1S/C28H38N2O2/c1-21-20-30(17-15-27(21,2)24-10-7-9-23(19-24)26(29)31)16-12-22-8-6-11-25(18-22)28(32)13-4-3-5-14-28/h6-11,18-19,21,32H,3-5,12-17,20H2,1-2H3,(H2,29,31)/t21-,27+/m1/s1. The van der Waals surface area contributed by atoms with Gasteiger partial charge in [-0.25, -0.2) is 0 Å². The van der Waals surface area contributed by atoms with Crippen LogP contribution in [-0.2, 0) is 17.4 Å². The Hall–Kier alpha value is -2.17. The first-order chi connectivity index (χ1) is 15.3. The third kappa shape index (κ3) is 4.77. The molecule has 1 amide bonds. The summed E-state index contributed by atoms with van der Waals surface area (Å²) in [6.45, 7) is 7.77. The Morgan fingerprint density at radius 1 is 1.06 bits per heavy atom. The van der Waals surface area contributed by atoms with Crippen LogP contribution in [0.4, 0.5) is 0 Å². The number of rotatable bonds is 6. The smallest absolute Gasteiger partial charge is 0.248 e. The second-order valence-corrected chi connectivity index (χ2v) is 10.4. The molecule has 1 saturated carbocycles. The molecule has 4 nitrogen and oxygen atoms in total. The lowest BCUT2D eigenvalue weighted by Crippen LogP contribution is -2.47. The van der Waals surface area contributed by atoms with Crippen LogP contribution in [0.3, 0.4) is 0 Å². The topological polar surface area (TPSA) is 66.6 Å². The molecule has 32 heavy (non-hydrogen) atoms. The number of hydrogen-bond acceptors (Lipinski definition) is 3. The van der Waals surface area contributed by atoms with Crippen LogP contribution >= 0.6 is 0 Å². The lowest BCUT2D eigenvalue weighted by Gasteiger charge is -2.45. The molecule has 4 rings (SSSR count). The van der Waals surface area contributed by atoms with Crippen LogP contribution in [-0.4, -0.2) is 35.5 Å². The highest BCUT2D eigenvalue weighted by Crippen LogP contribution is 2.40. The number of amides is 1. The predicted molar refractivity (Wildman–Crippen MR) is 130 cm³/mol. The molecule has 0 bridgehead atoms. The van der Waals surface area contributed by atoms with Crippen molar-refractivity contribution >= 4 is 5.91 Å². The van der Waals surface area contributed by atoms with E-state index < -0.39 is 5.60 Å². The number of nitrogens with two attached hydrogens (primary N) is 1. The molecule has 2 aromatic carbocycles. The van der Waals surface area contributed by atoms with Gasteiger partial charge in [0.15, 0.2) is 0 Å². The average Bonchev–Trinajstić information content (AvgIpc) is 2.80. The van der Waals surface area contributed by atoms with Crippen molar-refractivity contribution in [1.29, 1.82) is 0 Å². The Morgan fingerprint density at radius 3 is 2.50 bits per heavy atom. The summed E-state index contributed by atoms with van der Waals surface area (Å²) < 4.78 is 0. The van der Waals surface area contributed by atoms with Gasteiger partial charge in [-0.15, -0.1) is 0 Å². The minimum absolute atomic E-state index is 0.0477. The van der Waals surface area contributed by atoms with E-state index in [1.165, 1.54) is 17.5 Å². The fourth-order valence-corrected chi connectivity index (χ4v) is 5.71. The van der Waals surface area contributed by atoms with Gasteiger partial charge >= 0.3 is 0 Å². The maximum atomic E-state index is 11.6. The maximum Gasteiger partial charge on any atom is 0.248 e. The molecule has 172 valence electrons. The molecule has 1 aliphatic heterocycles. The van der Waals surface area contributed by atoms with E-state index in [-0.39, 0.29) is 11.3 Å². The van der Waals surface area contributed by atoms with Crippen molar-refractivity contribution < 1.29 is 9.90 Å². The largest absolute Gasteiger partial charge is 0.385 e. The third-order valence-electron chi connectivity index (χ3n) is 8.24. The SMILES string of the molecule is C[C@@H]1CN(CCc2cccc(C3(O)CCCCC3)c2)CC[C@]1(C)c1cccc(C(N)=O)c1. The van der Waals surface area contributed by atoms with Crippen LogP contribution in [0.25, 0.3) is 0 Å². The molecule has 0 unspecified atom stereocenters. The number of piperidine rings is 1. The fraction of sp³-hybridized carbons (Fsp3) is 0.536. The lowest BCUT2D eigenvalue weighted by molar-refractivity contribution is -0.000705. The summed E-state index contributed by atoms with van der Waals surface area (Å²) >= 11 is 0. The van der Waals surface area contributed by atoms with Gasteiger partial charge in [0.25, 0.3) is 0 Å². The highest BCUT2D eigenvalue weighted by Gasteiger charge is 2.38. The van der Waals surface area contributed by atoms with E-state index in [1.807, 2.05) is 12.1 Å². The molecule has 2 aromatic rings. The van der Waals surface area contributed by atoms with E-state index in [0.29, 0.717) is 11.5 Å². The molecular formula is C28H38N2O2. The van der Waals surface area contributed by atoms with Gasteiger partial charge in [-0.2, -0.15) is 0 Å². The van der Waals surface area contributed by atoms with Crippen LogP contribution in [0.5, 0.6) is 0 Å². The predicted octanol–water partition coefficient (Wildman–Crippen LogP) is 4.78. The first kappa shape index (κ1) is 23.0. The number of aliphatic hydroxyl groups is 1. The molecule has 4 heteroatoms. The summed E-state index contributed by atoms with van der Waals surface area (Å²) in [5.74, 6) is 0.120. The molecule has 2 aliphatic rings. The van der Waals surface area contributed by atoms with E-state index in [4.69, 9.17) is 5.73 Å². The van der Waals surface area contributed by atoms with Gasteiger partial charge in [0.1, 0.15) is 0 Å². The van der Waals surface area contributed by atoms with Crippen LogP contribution in [0.2, 0.25) is 0 Å². The van der Waals surface area contributed by atoms with E-state index in [1.54, 1.807) is 6.07 Å². The van der Waals surface area contributed by atoms with Crippen molar-refractivity contribution in [1.82, 2.24) is 4.90 Å². The van der Waals surface area contributed by atoms with Gasteiger partial charge in [0.05, 0.1) is 5.60 Å². The van der Waals surface area contributed by atoms with E-state index in [0.717, 1.165) is 63.7 Å². The molecule has 0 radical (unpaired) electrons. The molecule has 1 saturated heterocycles. The van der Waals surface area contributed by atoms with Crippen molar-refractivity contribution in [3.05, 3.63) is 70.8 Å². The molecule has 2 atom stereocenters. The van der Waals surface area contributed by atoms with Crippen molar-refractivity contribution in [3.8, 4) is 0 Å². The minimum atomic E-state index is -0.630. The van der Waals surface area contributed by atoms with Crippen LogP contribution in [0.1, 0.15) is 79.4 Å². The molecule has 0 spiro atoms. The van der Waals surface area contributed by atoms with E-state index in [2.05, 4.69) is 49.1 Å². The average molecular weight is 435 g/mol. The molecule has 1 heterocycles. The van der Waals surface area contributed by atoms with Gasteiger partial charge in [-0.05, 0) is 72.4 Å². The Balaban J connectivity index is 1.38. The van der Waals surface area contributed by atoms with Gasteiger partial charge < -0.3 is 15.7 Å². The summed E-state index contributed by atoms with van der Waals surface area (Å²) in [7, 11) is 0. The summed E-state index contributed by atoms with van der Waals surface area (Å²) in [4.78, 5) is 14.2. The second kappa shape index (κ2) is 9.36. The van der Waals surface area contributed by atoms with Crippen molar-refractivity contribution in [2.24, 2.45) is 11.7 Å². The molecule has 3 N–H and O–H groups in total. The Kier molecular flexibility index (Phi) is 6.73. The van der Waals surface area contributed by atoms with Gasteiger partial charge in [-0.1, -0.05) is 69.5 Å². The van der Waals surface area contributed by atoms with E-state index in [9.17, 15) is 9.90 Å². The highest BCUT2D eigenvalue weighted by atomic mass is 16.3. The number of hydrogen-bond donors (Lipinski definition) is 2. The zero-order valence-electron chi connectivity index (χ0n) is 19.6. The third-order valence-corrected chi connectivity index (χ3v) is 8.24. The van der Waals surface area contributed by atoms with Crippen molar-refractivity contribution in [2.45, 2.75) is 69.8 Å². The molecule has 0 aromatic heterocycles. The molecule has 2 fully saturated rings. The lowest BCUT2D eigenvalue weighted by atomic mass is 9.68. The number of primary amides is 1. The van der Waals surface area contributed by atoms with Crippen LogP contribution in [0.15, 0.2) is 48.5 Å². The fourth-order valence-electron chi connectivity index (χ4n) is 5.71. The number of nitrogens with zero attached hydrogens (tertiary/aromatic N) is 1. The minimum Gasteiger partial charge on any atom is -0.385 e. The van der Waals surface area contributed by atoms with Crippen LogP contribution < -0.4 is 5.73 Å². The zero-order valence-corrected chi connectivity index (χ0v) is 19.6. The van der Waals surface area contributed by atoms with Gasteiger partial charge in [-0.3, -0.25) is 4.79 Å². The van der Waals surface area contributed by atoms with Crippen LogP contribution in [0, 0.1) is 5.92 Å². The number of carbonyl (C=O) groups is 1. The molecular weight excluding hydrogens is 396 g/mol. The first-order valence-corrected chi connectivity index (χ1v) is 12.2. The normalized spacial score (nSPS) is 26.0. The Labute approximate surface area is 192 Å². The molecule has 1 aliphatic carbocycles. The van der Waals surface area contributed by atoms with Gasteiger partial charge in [0.2, 0.25) is 5.91 Å². The summed E-state index contributed by atoms with van der Waals surface area (Å²) in [5, 5.41) is 11.1. The monoisotopic (exact) mass is 434 g/mol. The Morgan fingerprint density at radius 2 is 1.78 bits per heavy atom. The Bertz CT molecular complexity index is 950. The van der Waals surface area contributed by atoms with Gasteiger partial charge in [0, 0.05) is 18.7 Å². The zero-order chi connectivity index (χ0) is 22.8. The number of benzene rings is 2. The maximum absolute atomic E-state index is 11.6. The quantitative estimate of drug-likeness (QED) is 0.688. The van der Waals surface area contributed by atoms with E-state index >= 15 is 0 Å². The second-order valence-electron chi connectivity index (χ2n) is 10.4. The first-order valence-electron chi connectivity index (χ1n) is 12.2. The number of carbonyl (C=O) groups excluding carboxylic acids is 1. The summed E-state index contributed by atoms with van der Waals surface area (Å²) in [6.07, 6.45) is 7.31. The van der Waals surface area contributed by atoms with Crippen molar-refractivity contribution in [2.75, 3.05) is 19.6 Å². The summed E-state index contributed by atoms with van der Waals surface area (Å²) in [5.41, 5.74) is 9.16. The summed E-state index contributed by atoms with van der Waals surface area (Å²) in [6, 6.07) is 16.5.